The quantitative estimate of drug-likeness (QED) is 0.667. The molecule has 0 atom stereocenters. The summed E-state index contributed by atoms with van der Waals surface area (Å²) in [4.78, 5) is 10.3. The molecule has 0 aliphatic carbocycles. The molecule has 17 heavy (non-hydrogen) atoms. The maximum atomic E-state index is 10.3. The molecule has 3 nitrogen and oxygen atoms in total. The van der Waals surface area contributed by atoms with Gasteiger partial charge in [0.15, 0.2) is 0 Å². The molecule has 1 N–H and O–H groups in total. The van der Waals surface area contributed by atoms with Crippen molar-refractivity contribution < 1.29 is 14.6 Å². The highest BCUT2D eigenvalue weighted by atomic mass is 79.9. The van der Waals surface area contributed by atoms with Gasteiger partial charge in [-0.05, 0) is 35.4 Å². The minimum Gasteiger partial charge on any atom is -0.449 e. The van der Waals surface area contributed by atoms with Crippen LogP contribution in [0.15, 0.2) is 53.0 Å². The lowest BCUT2D eigenvalue weighted by molar-refractivity contribution is 0.144. The highest BCUT2D eigenvalue weighted by Gasteiger charge is 2.01. The van der Waals surface area contributed by atoms with Crippen molar-refractivity contribution in [2.45, 2.75) is 0 Å². The molecule has 0 aliphatic rings. The summed E-state index contributed by atoms with van der Waals surface area (Å²) in [6.45, 7) is 0. The van der Waals surface area contributed by atoms with Gasteiger partial charge in [-0.3, -0.25) is 0 Å². The summed E-state index contributed by atoms with van der Waals surface area (Å²) in [5, 5.41) is 8.46. The molecule has 0 saturated heterocycles. The van der Waals surface area contributed by atoms with E-state index in [9.17, 15) is 4.79 Å². The number of halogens is 1. The van der Waals surface area contributed by atoms with Gasteiger partial charge in [0.25, 0.3) is 0 Å². The molecule has 0 aromatic heterocycles. The van der Waals surface area contributed by atoms with Crippen LogP contribution in [0.4, 0.5) is 4.79 Å². The van der Waals surface area contributed by atoms with E-state index in [1.165, 1.54) is 0 Å². The Kier molecular flexibility index (Phi) is 3.44. The summed E-state index contributed by atoms with van der Waals surface area (Å²) >= 11 is 3.37. The molecule has 0 unspecified atom stereocenters. The van der Waals surface area contributed by atoms with Gasteiger partial charge < -0.3 is 9.84 Å². The molecule has 2 aromatic carbocycles. The summed E-state index contributed by atoms with van der Waals surface area (Å²) in [5.74, 6) is 0.318. The summed E-state index contributed by atoms with van der Waals surface area (Å²) in [6, 6.07) is 14.8. The fourth-order valence-corrected chi connectivity index (χ4v) is 1.72. The van der Waals surface area contributed by atoms with Crippen LogP contribution in [0.1, 0.15) is 0 Å². The smallest absolute Gasteiger partial charge is 0.449 e. The minimum atomic E-state index is -1.30. The lowest BCUT2D eigenvalue weighted by atomic mass is 10.1. The van der Waals surface area contributed by atoms with Crippen LogP contribution in [0.5, 0.6) is 5.75 Å². The zero-order valence-electron chi connectivity index (χ0n) is 8.76. The molecular formula is C13H9BrO3. The number of hydrogen-bond donors (Lipinski definition) is 1. The van der Waals surface area contributed by atoms with Gasteiger partial charge in [-0.2, -0.15) is 0 Å². The van der Waals surface area contributed by atoms with Crippen LogP contribution in [0.2, 0.25) is 0 Å². The van der Waals surface area contributed by atoms with E-state index >= 15 is 0 Å². The van der Waals surface area contributed by atoms with E-state index in [1.54, 1.807) is 12.1 Å². The fraction of sp³-hybridized carbons (Fsp3) is 0. The lowest BCUT2D eigenvalue weighted by Crippen LogP contribution is -2.02. The van der Waals surface area contributed by atoms with Gasteiger partial charge in [0, 0.05) is 4.47 Å². The van der Waals surface area contributed by atoms with Crippen LogP contribution in [0.25, 0.3) is 11.1 Å². The van der Waals surface area contributed by atoms with Crippen LogP contribution < -0.4 is 4.74 Å². The summed E-state index contributed by atoms with van der Waals surface area (Å²) in [5.41, 5.74) is 2.07. The van der Waals surface area contributed by atoms with Crippen molar-refractivity contribution in [3.63, 3.8) is 0 Å². The number of carboxylic acid groups (broad SMARTS) is 1. The Hall–Kier alpha value is -1.81. The number of ether oxygens (including phenoxy) is 1. The molecule has 0 amide bonds. The Morgan fingerprint density at radius 3 is 1.88 bits per heavy atom. The van der Waals surface area contributed by atoms with E-state index in [0.717, 1.165) is 15.6 Å². The molecule has 0 fully saturated rings. The topological polar surface area (TPSA) is 46.5 Å². The molecule has 0 aliphatic heterocycles. The van der Waals surface area contributed by atoms with Crippen LogP contribution in [-0.2, 0) is 0 Å². The second-order valence-corrected chi connectivity index (χ2v) is 4.31. The predicted molar refractivity (Wildman–Crippen MR) is 68.2 cm³/mol. The Labute approximate surface area is 107 Å². The Morgan fingerprint density at radius 1 is 0.941 bits per heavy atom. The number of carbonyl (C=O) groups is 1. The molecule has 0 bridgehead atoms. The molecule has 2 rings (SSSR count). The summed E-state index contributed by atoms with van der Waals surface area (Å²) in [7, 11) is 0. The van der Waals surface area contributed by atoms with Gasteiger partial charge in [-0.1, -0.05) is 40.2 Å². The van der Waals surface area contributed by atoms with E-state index in [4.69, 9.17) is 5.11 Å². The first-order valence-corrected chi connectivity index (χ1v) is 5.71. The maximum Gasteiger partial charge on any atom is 0.511 e. The van der Waals surface area contributed by atoms with Gasteiger partial charge in [-0.25, -0.2) is 4.79 Å². The highest BCUT2D eigenvalue weighted by Crippen LogP contribution is 2.24. The van der Waals surface area contributed by atoms with Gasteiger partial charge >= 0.3 is 6.16 Å². The van der Waals surface area contributed by atoms with Crippen LogP contribution in [-0.4, -0.2) is 11.3 Å². The number of rotatable bonds is 2. The average molecular weight is 293 g/mol. The Bertz CT molecular complexity index is 517. The third-order valence-electron chi connectivity index (χ3n) is 2.24. The van der Waals surface area contributed by atoms with E-state index in [0.29, 0.717) is 5.75 Å². The van der Waals surface area contributed by atoms with Gasteiger partial charge in [0.2, 0.25) is 0 Å². The standard InChI is InChI=1S/C13H9BrO3/c14-11-5-1-9(2-6-11)10-3-7-12(8-4-10)17-13(15)16/h1-8H,(H,15,16). The lowest BCUT2D eigenvalue weighted by Gasteiger charge is -2.03. The second kappa shape index (κ2) is 5.01. The van der Waals surface area contributed by atoms with Crippen molar-refractivity contribution in [1.29, 1.82) is 0 Å². The normalized spacial score (nSPS) is 9.94. The second-order valence-electron chi connectivity index (χ2n) is 3.40. The van der Waals surface area contributed by atoms with Crippen LogP contribution in [0.3, 0.4) is 0 Å². The zero-order valence-corrected chi connectivity index (χ0v) is 10.3. The van der Waals surface area contributed by atoms with E-state index < -0.39 is 6.16 Å². The number of benzene rings is 2. The molecule has 0 spiro atoms. The van der Waals surface area contributed by atoms with E-state index in [2.05, 4.69) is 20.7 Å². The first-order valence-electron chi connectivity index (χ1n) is 4.92. The van der Waals surface area contributed by atoms with Crippen molar-refractivity contribution in [2.24, 2.45) is 0 Å². The molecule has 0 radical (unpaired) electrons. The Morgan fingerprint density at radius 2 is 1.41 bits per heavy atom. The monoisotopic (exact) mass is 292 g/mol. The predicted octanol–water partition coefficient (Wildman–Crippen LogP) is 4.17. The van der Waals surface area contributed by atoms with Crippen molar-refractivity contribution in [1.82, 2.24) is 0 Å². The maximum absolute atomic E-state index is 10.3. The van der Waals surface area contributed by atoms with Crippen molar-refractivity contribution in [3.05, 3.63) is 53.0 Å². The van der Waals surface area contributed by atoms with Crippen LogP contribution in [0, 0.1) is 0 Å². The van der Waals surface area contributed by atoms with Gasteiger partial charge in [0.1, 0.15) is 5.75 Å². The molecule has 4 heteroatoms. The third-order valence-corrected chi connectivity index (χ3v) is 2.77. The van der Waals surface area contributed by atoms with Crippen molar-refractivity contribution in [3.8, 4) is 16.9 Å². The van der Waals surface area contributed by atoms with Gasteiger partial charge in [-0.15, -0.1) is 0 Å². The number of hydrogen-bond acceptors (Lipinski definition) is 2. The van der Waals surface area contributed by atoms with Gasteiger partial charge in [0.05, 0.1) is 0 Å². The molecule has 0 saturated carbocycles. The average Bonchev–Trinajstić information content (AvgIpc) is 2.30. The first kappa shape index (κ1) is 11.7. The van der Waals surface area contributed by atoms with Crippen LogP contribution >= 0.6 is 15.9 Å². The van der Waals surface area contributed by atoms with E-state index in [1.807, 2.05) is 36.4 Å². The van der Waals surface area contributed by atoms with Crippen molar-refractivity contribution in [2.75, 3.05) is 0 Å². The molecule has 2 aromatic rings. The molecule has 0 heterocycles. The zero-order chi connectivity index (χ0) is 12.3. The molecule has 86 valence electrons. The van der Waals surface area contributed by atoms with E-state index in [-0.39, 0.29) is 0 Å². The largest absolute Gasteiger partial charge is 0.511 e. The molecular weight excluding hydrogens is 284 g/mol. The summed E-state index contributed by atoms with van der Waals surface area (Å²) < 4.78 is 5.55. The Balaban J connectivity index is 2.23. The fourth-order valence-electron chi connectivity index (χ4n) is 1.46. The highest BCUT2D eigenvalue weighted by molar-refractivity contribution is 9.10. The summed E-state index contributed by atoms with van der Waals surface area (Å²) in [6.07, 6.45) is -1.30. The first-order chi connectivity index (χ1) is 8.15. The third kappa shape index (κ3) is 3.07. The van der Waals surface area contributed by atoms with Crippen molar-refractivity contribution >= 4 is 22.1 Å². The minimum absolute atomic E-state index is 0.318. The SMILES string of the molecule is O=C(O)Oc1ccc(-c2ccc(Br)cc2)cc1.